The molecule has 0 saturated heterocycles. The molecule has 2 aromatic rings. The molecule has 0 fully saturated rings. The molecule has 0 aliphatic carbocycles. The van der Waals surface area contributed by atoms with Gasteiger partial charge in [0.2, 0.25) is 0 Å². The summed E-state index contributed by atoms with van der Waals surface area (Å²) in [6.45, 7) is 0.750. The molecule has 0 atom stereocenters. The van der Waals surface area contributed by atoms with E-state index < -0.39 is 0 Å². The van der Waals surface area contributed by atoms with E-state index in [1.54, 1.807) is 0 Å². The summed E-state index contributed by atoms with van der Waals surface area (Å²) in [7, 11) is 1.89. The lowest BCUT2D eigenvalue weighted by atomic mass is 10.2. The summed E-state index contributed by atoms with van der Waals surface area (Å²) in [4.78, 5) is 3.09. The highest BCUT2D eigenvalue weighted by atomic mass is 35.5. The van der Waals surface area contributed by atoms with Crippen molar-refractivity contribution >= 4 is 34.1 Å². The van der Waals surface area contributed by atoms with Crippen molar-refractivity contribution < 1.29 is 0 Å². The molecule has 2 rings (SSSR count). The Hall–Kier alpha value is -0.700. The molecule has 0 aliphatic rings. The van der Waals surface area contributed by atoms with Crippen LogP contribution in [0.5, 0.6) is 0 Å². The summed E-state index contributed by atoms with van der Waals surface area (Å²) < 4.78 is 0. The number of nitrogens with one attached hydrogen (secondary N) is 2. The van der Waals surface area contributed by atoms with Gasteiger partial charge >= 0.3 is 0 Å². The summed E-state index contributed by atoms with van der Waals surface area (Å²) >= 11 is 11.9. The van der Waals surface area contributed by atoms with E-state index >= 15 is 0 Å². The van der Waals surface area contributed by atoms with Gasteiger partial charge in [-0.25, -0.2) is 0 Å². The molecule has 1 aromatic heterocycles. The molecule has 1 aromatic carbocycles. The number of benzene rings is 1. The van der Waals surface area contributed by atoms with Crippen LogP contribution < -0.4 is 5.32 Å². The molecule has 14 heavy (non-hydrogen) atoms. The van der Waals surface area contributed by atoms with Crippen molar-refractivity contribution in [2.24, 2.45) is 0 Å². The molecule has 74 valence electrons. The maximum absolute atomic E-state index is 6.06. The first kappa shape index (κ1) is 9.84. The fourth-order valence-corrected chi connectivity index (χ4v) is 1.99. The average molecular weight is 229 g/mol. The maximum Gasteiger partial charge on any atom is 0.111 e. The van der Waals surface area contributed by atoms with Crippen molar-refractivity contribution in [1.82, 2.24) is 10.3 Å². The van der Waals surface area contributed by atoms with E-state index in [0.717, 1.165) is 23.0 Å². The number of halogens is 2. The second-order valence-electron chi connectivity index (χ2n) is 3.14. The zero-order valence-electron chi connectivity index (χ0n) is 7.70. The number of aromatic amines is 1. The normalized spacial score (nSPS) is 11.1. The van der Waals surface area contributed by atoms with E-state index in [4.69, 9.17) is 23.2 Å². The standard InChI is InChI=1S/C10H10Cl2N2/c1-13-5-8-7-3-2-6(11)4-9(7)14-10(8)12/h2-4,13-14H,5H2,1H3. The van der Waals surface area contributed by atoms with Gasteiger partial charge in [-0.1, -0.05) is 29.3 Å². The number of hydrogen-bond acceptors (Lipinski definition) is 1. The van der Waals surface area contributed by atoms with Crippen LogP contribution in [0.1, 0.15) is 5.56 Å². The summed E-state index contributed by atoms with van der Waals surface area (Å²) in [5, 5.41) is 5.59. The van der Waals surface area contributed by atoms with Crippen LogP contribution >= 0.6 is 23.2 Å². The molecule has 0 bridgehead atoms. The molecule has 2 N–H and O–H groups in total. The highest BCUT2D eigenvalue weighted by Crippen LogP contribution is 2.27. The third-order valence-electron chi connectivity index (χ3n) is 2.17. The molecular weight excluding hydrogens is 219 g/mol. The van der Waals surface area contributed by atoms with Gasteiger partial charge in [0.25, 0.3) is 0 Å². The fraction of sp³-hybridized carbons (Fsp3) is 0.200. The topological polar surface area (TPSA) is 27.8 Å². The van der Waals surface area contributed by atoms with Gasteiger partial charge in [0.15, 0.2) is 0 Å². The first-order chi connectivity index (χ1) is 6.72. The first-order valence-corrected chi connectivity index (χ1v) is 5.08. The third-order valence-corrected chi connectivity index (χ3v) is 2.73. The average Bonchev–Trinajstić information content (AvgIpc) is 2.43. The first-order valence-electron chi connectivity index (χ1n) is 4.32. The van der Waals surface area contributed by atoms with Gasteiger partial charge in [0.1, 0.15) is 5.15 Å². The predicted molar refractivity (Wildman–Crippen MR) is 61.1 cm³/mol. The Balaban J connectivity index is 2.64. The smallest absolute Gasteiger partial charge is 0.111 e. The lowest BCUT2D eigenvalue weighted by Gasteiger charge is -1.98. The molecule has 0 spiro atoms. The predicted octanol–water partition coefficient (Wildman–Crippen LogP) is 3.19. The van der Waals surface area contributed by atoms with Gasteiger partial charge in [0, 0.05) is 28.0 Å². The second kappa shape index (κ2) is 3.81. The number of rotatable bonds is 2. The van der Waals surface area contributed by atoms with Gasteiger partial charge in [-0.05, 0) is 19.2 Å². The Labute approximate surface area is 92.2 Å². The van der Waals surface area contributed by atoms with Crippen LogP contribution in [0.25, 0.3) is 10.9 Å². The monoisotopic (exact) mass is 228 g/mol. The van der Waals surface area contributed by atoms with Gasteiger partial charge in [-0.2, -0.15) is 0 Å². The van der Waals surface area contributed by atoms with Crippen LogP contribution in [0.4, 0.5) is 0 Å². The highest BCUT2D eigenvalue weighted by Gasteiger charge is 2.08. The van der Waals surface area contributed by atoms with Gasteiger partial charge in [0.05, 0.1) is 0 Å². The molecular formula is C10H10Cl2N2. The number of hydrogen-bond donors (Lipinski definition) is 2. The maximum atomic E-state index is 6.06. The van der Waals surface area contributed by atoms with Crippen molar-refractivity contribution in [2.45, 2.75) is 6.54 Å². The molecule has 0 unspecified atom stereocenters. The Kier molecular flexibility index (Phi) is 2.68. The van der Waals surface area contributed by atoms with Gasteiger partial charge < -0.3 is 10.3 Å². The minimum atomic E-state index is 0.677. The van der Waals surface area contributed by atoms with Crippen molar-refractivity contribution in [3.05, 3.63) is 33.9 Å². The highest BCUT2D eigenvalue weighted by molar-refractivity contribution is 6.33. The molecule has 4 heteroatoms. The van der Waals surface area contributed by atoms with Gasteiger partial charge in [-0.3, -0.25) is 0 Å². The van der Waals surface area contributed by atoms with E-state index in [-0.39, 0.29) is 0 Å². The Morgan fingerprint density at radius 3 is 2.86 bits per heavy atom. The fourth-order valence-electron chi connectivity index (χ4n) is 1.54. The largest absolute Gasteiger partial charge is 0.345 e. The molecule has 0 saturated carbocycles. The Morgan fingerprint density at radius 2 is 2.14 bits per heavy atom. The zero-order chi connectivity index (χ0) is 10.1. The van der Waals surface area contributed by atoms with Crippen molar-refractivity contribution in [3.8, 4) is 0 Å². The quantitative estimate of drug-likeness (QED) is 0.813. The Bertz CT molecular complexity index is 462. The van der Waals surface area contributed by atoms with Crippen LogP contribution in [-0.2, 0) is 6.54 Å². The molecule has 0 radical (unpaired) electrons. The zero-order valence-corrected chi connectivity index (χ0v) is 9.21. The lowest BCUT2D eigenvalue weighted by molar-refractivity contribution is 0.823. The van der Waals surface area contributed by atoms with Crippen LogP contribution in [-0.4, -0.2) is 12.0 Å². The van der Waals surface area contributed by atoms with E-state index in [1.807, 2.05) is 25.2 Å². The second-order valence-corrected chi connectivity index (χ2v) is 3.95. The summed E-state index contributed by atoms with van der Waals surface area (Å²) in [5.74, 6) is 0. The van der Waals surface area contributed by atoms with Crippen LogP contribution in [0.15, 0.2) is 18.2 Å². The van der Waals surface area contributed by atoms with E-state index in [9.17, 15) is 0 Å². The lowest BCUT2D eigenvalue weighted by Crippen LogP contribution is -2.04. The number of aromatic nitrogens is 1. The van der Waals surface area contributed by atoms with E-state index in [2.05, 4.69) is 10.3 Å². The minimum absolute atomic E-state index is 0.677. The Morgan fingerprint density at radius 1 is 1.36 bits per heavy atom. The number of H-pyrrole nitrogens is 1. The van der Waals surface area contributed by atoms with Crippen molar-refractivity contribution in [1.29, 1.82) is 0 Å². The van der Waals surface area contributed by atoms with Gasteiger partial charge in [-0.15, -0.1) is 0 Å². The SMILES string of the molecule is CNCc1c(Cl)[nH]c2cc(Cl)ccc12. The summed E-state index contributed by atoms with van der Waals surface area (Å²) in [6.07, 6.45) is 0. The third kappa shape index (κ3) is 1.61. The summed E-state index contributed by atoms with van der Waals surface area (Å²) in [5.41, 5.74) is 2.06. The van der Waals surface area contributed by atoms with Crippen LogP contribution in [0, 0.1) is 0 Å². The van der Waals surface area contributed by atoms with E-state index in [1.165, 1.54) is 0 Å². The molecule has 0 aliphatic heterocycles. The molecule has 0 amide bonds. The van der Waals surface area contributed by atoms with E-state index in [0.29, 0.717) is 10.2 Å². The summed E-state index contributed by atoms with van der Waals surface area (Å²) in [6, 6.07) is 5.72. The van der Waals surface area contributed by atoms with Crippen LogP contribution in [0.2, 0.25) is 10.2 Å². The molecule has 1 heterocycles. The van der Waals surface area contributed by atoms with Crippen molar-refractivity contribution in [3.63, 3.8) is 0 Å². The van der Waals surface area contributed by atoms with Crippen molar-refractivity contribution in [2.75, 3.05) is 7.05 Å². The molecule has 2 nitrogen and oxygen atoms in total. The number of fused-ring (bicyclic) bond motifs is 1. The minimum Gasteiger partial charge on any atom is -0.345 e. The van der Waals surface area contributed by atoms with Crippen LogP contribution in [0.3, 0.4) is 0 Å².